The van der Waals surface area contributed by atoms with Crippen molar-refractivity contribution in [3.8, 4) is 0 Å². The number of benzene rings is 1. The predicted octanol–water partition coefficient (Wildman–Crippen LogP) is 1.82. The summed E-state index contributed by atoms with van der Waals surface area (Å²) in [6, 6.07) is 7.08. The Hall–Kier alpha value is -1.39. The number of carboxylic acids is 1. The van der Waals surface area contributed by atoms with E-state index in [4.69, 9.17) is 5.11 Å². The van der Waals surface area contributed by atoms with E-state index in [2.05, 4.69) is 17.3 Å². The largest absolute Gasteiger partial charge is 0.478 e. The van der Waals surface area contributed by atoms with Crippen LogP contribution in [-0.2, 0) is 6.54 Å². The van der Waals surface area contributed by atoms with Gasteiger partial charge in [0.1, 0.15) is 0 Å². The Morgan fingerprint density at radius 1 is 1.32 bits per heavy atom. The van der Waals surface area contributed by atoms with E-state index in [-0.39, 0.29) is 0 Å². The molecule has 0 spiro atoms. The summed E-state index contributed by atoms with van der Waals surface area (Å²) in [5.41, 5.74) is 1.48. The number of hydrogen-bond acceptors (Lipinski definition) is 3. The molecule has 1 saturated heterocycles. The monoisotopic (exact) mass is 262 g/mol. The Morgan fingerprint density at radius 3 is 2.53 bits per heavy atom. The zero-order valence-corrected chi connectivity index (χ0v) is 11.4. The summed E-state index contributed by atoms with van der Waals surface area (Å²) in [5.74, 6) is -0.0969. The van der Waals surface area contributed by atoms with E-state index in [1.165, 1.54) is 25.9 Å². The minimum Gasteiger partial charge on any atom is -0.478 e. The predicted molar refractivity (Wildman–Crippen MR) is 75.3 cm³/mol. The fourth-order valence-corrected chi connectivity index (χ4v) is 2.45. The van der Waals surface area contributed by atoms with Crippen LogP contribution in [0.2, 0.25) is 0 Å². The van der Waals surface area contributed by atoms with Crippen molar-refractivity contribution in [2.75, 3.05) is 26.7 Å². The maximum absolute atomic E-state index is 10.7. The molecule has 0 amide bonds. The highest BCUT2D eigenvalue weighted by atomic mass is 16.4. The van der Waals surface area contributed by atoms with Crippen LogP contribution in [0.1, 0.15) is 28.8 Å². The van der Waals surface area contributed by atoms with Crippen LogP contribution in [0.3, 0.4) is 0 Å². The van der Waals surface area contributed by atoms with E-state index in [1.54, 1.807) is 12.1 Å². The van der Waals surface area contributed by atoms with Gasteiger partial charge in [0.2, 0.25) is 0 Å². The number of carbonyl (C=O) groups is 1. The van der Waals surface area contributed by atoms with E-state index < -0.39 is 5.97 Å². The molecule has 104 valence electrons. The zero-order valence-electron chi connectivity index (χ0n) is 11.4. The second-order valence-corrected chi connectivity index (χ2v) is 5.38. The van der Waals surface area contributed by atoms with E-state index in [9.17, 15) is 4.79 Å². The molecule has 4 nitrogen and oxygen atoms in total. The topological polar surface area (TPSA) is 52.6 Å². The average molecular weight is 262 g/mol. The van der Waals surface area contributed by atoms with Crippen LogP contribution in [0.5, 0.6) is 0 Å². The first-order chi connectivity index (χ1) is 9.15. The fraction of sp³-hybridized carbons (Fsp3) is 0.533. The van der Waals surface area contributed by atoms with E-state index in [0.29, 0.717) is 5.56 Å². The Bertz CT molecular complexity index is 409. The number of hydrogen-bond donors (Lipinski definition) is 2. The molecular formula is C15H22N2O2. The van der Waals surface area contributed by atoms with Gasteiger partial charge in [0.05, 0.1) is 5.56 Å². The molecule has 0 aliphatic carbocycles. The molecule has 2 rings (SSSR count). The molecule has 1 fully saturated rings. The highest BCUT2D eigenvalue weighted by Crippen LogP contribution is 2.15. The molecule has 4 heteroatoms. The van der Waals surface area contributed by atoms with Crippen LogP contribution < -0.4 is 5.32 Å². The van der Waals surface area contributed by atoms with Crippen molar-refractivity contribution in [3.05, 3.63) is 35.4 Å². The van der Waals surface area contributed by atoms with Crippen LogP contribution in [0.15, 0.2) is 24.3 Å². The van der Waals surface area contributed by atoms with Gasteiger partial charge in [-0.3, -0.25) is 0 Å². The Labute approximate surface area is 114 Å². The third-order valence-electron chi connectivity index (χ3n) is 3.80. The molecule has 1 heterocycles. The lowest BCUT2D eigenvalue weighted by atomic mass is 9.97. The van der Waals surface area contributed by atoms with Gasteiger partial charge in [0.15, 0.2) is 0 Å². The van der Waals surface area contributed by atoms with Gasteiger partial charge in [-0.05, 0) is 63.1 Å². The molecule has 1 aromatic carbocycles. The normalized spacial score (nSPS) is 17.5. The van der Waals surface area contributed by atoms with Gasteiger partial charge in [0.25, 0.3) is 0 Å². The first kappa shape index (κ1) is 14.0. The third kappa shape index (κ3) is 4.33. The number of nitrogens with one attached hydrogen (secondary N) is 1. The number of nitrogens with zero attached hydrogens (tertiary/aromatic N) is 1. The van der Waals surface area contributed by atoms with E-state index in [0.717, 1.165) is 24.6 Å². The summed E-state index contributed by atoms with van der Waals surface area (Å²) < 4.78 is 0. The van der Waals surface area contributed by atoms with Gasteiger partial charge < -0.3 is 15.3 Å². The van der Waals surface area contributed by atoms with Crippen molar-refractivity contribution >= 4 is 5.97 Å². The fourth-order valence-electron chi connectivity index (χ4n) is 2.45. The first-order valence-electron chi connectivity index (χ1n) is 6.86. The molecule has 1 aromatic rings. The highest BCUT2D eigenvalue weighted by Gasteiger charge is 2.15. The van der Waals surface area contributed by atoms with Crippen LogP contribution in [0.4, 0.5) is 0 Å². The first-order valence-corrected chi connectivity index (χ1v) is 6.86. The number of piperidine rings is 1. The zero-order chi connectivity index (χ0) is 13.7. The quantitative estimate of drug-likeness (QED) is 0.850. The summed E-state index contributed by atoms with van der Waals surface area (Å²) in [6.45, 7) is 4.25. The molecule has 2 N–H and O–H groups in total. The molecule has 1 aliphatic rings. The van der Waals surface area contributed by atoms with Gasteiger partial charge in [-0.2, -0.15) is 0 Å². The Balaban J connectivity index is 1.72. The summed E-state index contributed by atoms with van der Waals surface area (Å²) in [7, 11) is 2.17. The van der Waals surface area contributed by atoms with Crippen LogP contribution in [0.25, 0.3) is 0 Å². The van der Waals surface area contributed by atoms with Gasteiger partial charge >= 0.3 is 5.97 Å². The number of likely N-dealkylation sites (tertiary alicyclic amines) is 1. The highest BCUT2D eigenvalue weighted by molar-refractivity contribution is 5.87. The number of rotatable bonds is 5. The minimum absolute atomic E-state index is 0.346. The van der Waals surface area contributed by atoms with Gasteiger partial charge in [-0.15, -0.1) is 0 Å². The van der Waals surface area contributed by atoms with Crippen molar-refractivity contribution in [1.82, 2.24) is 10.2 Å². The molecule has 1 aliphatic heterocycles. The molecule has 0 saturated carbocycles. The lowest BCUT2D eigenvalue weighted by Gasteiger charge is -2.29. The van der Waals surface area contributed by atoms with Crippen molar-refractivity contribution < 1.29 is 9.90 Å². The Kier molecular flexibility index (Phi) is 4.93. The number of carboxylic acid groups (broad SMARTS) is 1. The van der Waals surface area contributed by atoms with Gasteiger partial charge in [0, 0.05) is 6.54 Å². The van der Waals surface area contributed by atoms with Crippen molar-refractivity contribution in [1.29, 1.82) is 0 Å². The Morgan fingerprint density at radius 2 is 1.95 bits per heavy atom. The standard InChI is InChI=1S/C15H22N2O2/c1-17-8-6-13(7-9-17)11-16-10-12-2-4-14(5-3-12)15(18)19/h2-5,13,16H,6-11H2,1H3,(H,18,19). The molecule has 0 atom stereocenters. The second-order valence-electron chi connectivity index (χ2n) is 5.38. The average Bonchev–Trinajstić information content (AvgIpc) is 2.41. The molecule has 0 radical (unpaired) electrons. The maximum atomic E-state index is 10.7. The molecule has 19 heavy (non-hydrogen) atoms. The lowest BCUT2D eigenvalue weighted by Crippen LogP contribution is -2.34. The van der Waals surface area contributed by atoms with Crippen LogP contribution in [-0.4, -0.2) is 42.7 Å². The molecule has 0 aromatic heterocycles. The molecular weight excluding hydrogens is 240 g/mol. The van der Waals surface area contributed by atoms with E-state index in [1.807, 2.05) is 12.1 Å². The minimum atomic E-state index is -0.870. The number of aromatic carboxylic acids is 1. The summed E-state index contributed by atoms with van der Waals surface area (Å²) >= 11 is 0. The maximum Gasteiger partial charge on any atom is 0.335 e. The summed E-state index contributed by atoms with van der Waals surface area (Å²) in [5, 5.41) is 12.3. The van der Waals surface area contributed by atoms with Crippen LogP contribution in [0, 0.1) is 5.92 Å². The van der Waals surface area contributed by atoms with Gasteiger partial charge in [-0.25, -0.2) is 4.79 Å². The smallest absolute Gasteiger partial charge is 0.335 e. The molecule has 0 unspecified atom stereocenters. The summed E-state index contributed by atoms with van der Waals surface area (Å²) in [4.78, 5) is 13.1. The second kappa shape index (κ2) is 6.68. The van der Waals surface area contributed by atoms with Crippen molar-refractivity contribution in [3.63, 3.8) is 0 Å². The van der Waals surface area contributed by atoms with E-state index >= 15 is 0 Å². The SMILES string of the molecule is CN1CCC(CNCc2ccc(C(=O)O)cc2)CC1. The van der Waals surface area contributed by atoms with Crippen molar-refractivity contribution in [2.45, 2.75) is 19.4 Å². The summed E-state index contributed by atoms with van der Waals surface area (Å²) in [6.07, 6.45) is 2.53. The lowest BCUT2D eigenvalue weighted by molar-refractivity contribution is 0.0697. The van der Waals surface area contributed by atoms with Crippen LogP contribution >= 0.6 is 0 Å². The molecule has 0 bridgehead atoms. The van der Waals surface area contributed by atoms with Crippen molar-refractivity contribution in [2.24, 2.45) is 5.92 Å². The third-order valence-corrected chi connectivity index (χ3v) is 3.80. The van der Waals surface area contributed by atoms with Gasteiger partial charge in [-0.1, -0.05) is 12.1 Å².